The average molecular weight is 487 g/mol. The Balaban J connectivity index is 1.77. The molecular formula is C24H23ClN2O5S. The smallest absolute Gasteiger partial charge is 0.340 e. The molecule has 7 nitrogen and oxygen atoms in total. The van der Waals surface area contributed by atoms with E-state index in [2.05, 4.69) is 5.32 Å². The van der Waals surface area contributed by atoms with Gasteiger partial charge in [-0.3, -0.25) is 9.10 Å². The fraction of sp³-hybridized carbons (Fsp3) is 0.167. The number of carbonyl (C=O) groups is 2. The van der Waals surface area contributed by atoms with Gasteiger partial charge in [-0.05, 0) is 56.3 Å². The van der Waals surface area contributed by atoms with Crippen molar-refractivity contribution in [3.05, 3.63) is 88.9 Å². The molecule has 3 aromatic rings. The summed E-state index contributed by atoms with van der Waals surface area (Å²) in [6, 6.07) is 19.4. The second kappa shape index (κ2) is 10.1. The zero-order valence-corrected chi connectivity index (χ0v) is 19.9. The SMILES string of the molecule is Cc1ccc(NC(=O)C(C)OC(=O)c2cc(S(=O)(=O)N(C)c3ccccc3)ccc2Cl)cc1. The van der Waals surface area contributed by atoms with Crippen molar-refractivity contribution in [2.75, 3.05) is 16.7 Å². The van der Waals surface area contributed by atoms with E-state index in [0.29, 0.717) is 11.4 Å². The molecular weight excluding hydrogens is 464 g/mol. The van der Waals surface area contributed by atoms with Crippen molar-refractivity contribution in [3.8, 4) is 0 Å². The maximum atomic E-state index is 13.0. The van der Waals surface area contributed by atoms with Crippen LogP contribution in [0.25, 0.3) is 0 Å². The van der Waals surface area contributed by atoms with Gasteiger partial charge in [0.25, 0.3) is 15.9 Å². The molecule has 9 heteroatoms. The molecule has 0 aliphatic rings. The molecule has 1 unspecified atom stereocenters. The molecule has 1 N–H and O–H groups in total. The van der Waals surface area contributed by atoms with Gasteiger partial charge in [0.15, 0.2) is 6.10 Å². The summed E-state index contributed by atoms with van der Waals surface area (Å²) < 4.78 is 32.4. The quantitative estimate of drug-likeness (QED) is 0.490. The first kappa shape index (κ1) is 24.3. The van der Waals surface area contributed by atoms with Gasteiger partial charge in [0.2, 0.25) is 0 Å². The summed E-state index contributed by atoms with van der Waals surface area (Å²) in [5.41, 5.74) is 1.89. The van der Waals surface area contributed by atoms with E-state index in [1.165, 1.54) is 26.1 Å². The molecule has 0 heterocycles. The molecule has 0 bridgehead atoms. The highest BCUT2D eigenvalue weighted by Crippen LogP contribution is 2.26. The summed E-state index contributed by atoms with van der Waals surface area (Å²) in [7, 11) is -2.55. The number of carbonyl (C=O) groups excluding carboxylic acids is 2. The number of halogens is 1. The summed E-state index contributed by atoms with van der Waals surface area (Å²) in [6.45, 7) is 3.34. The van der Waals surface area contributed by atoms with Crippen LogP contribution in [0.15, 0.2) is 77.7 Å². The Morgan fingerprint density at radius 1 is 1.00 bits per heavy atom. The minimum atomic E-state index is -3.97. The summed E-state index contributed by atoms with van der Waals surface area (Å²) >= 11 is 6.14. The number of rotatable bonds is 7. The van der Waals surface area contributed by atoms with E-state index in [9.17, 15) is 18.0 Å². The summed E-state index contributed by atoms with van der Waals surface area (Å²) in [5, 5.41) is 2.66. The molecule has 0 aliphatic heterocycles. The van der Waals surface area contributed by atoms with E-state index < -0.39 is 28.0 Å². The molecule has 0 radical (unpaired) electrons. The lowest BCUT2D eigenvalue weighted by Crippen LogP contribution is -2.30. The summed E-state index contributed by atoms with van der Waals surface area (Å²) in [4.78, 5) is 25.0. The number of hydrogen-bond donors (Lipinski definition) is 1. The van der Waals surface area contributed by atoms with Crippen molar-refractivity contribution in [1.29, 1.82) is 0 Å². The Kier molecular flexibility index (Phi) is 7.40. The van der Waals surface area contributed by atoms with Crippen LogP contribution >= 0.6 is 11.6 Å². The molecule has 3 aromatic carbocycles. The van der Waals surface area contributed by atoms with Crippen LogP contribution in [0.1, 0.15) is 22.8 Å². The standard InChI is InChI=1S/C24H23ClN2O5S/c1-16-9-11-18(12-10-16)26-23(28)17(2)32-24(29)21-15-20(13-14-22(21)25)33(30,31)27(3)19-7-5-4-6-8-19/h4-15,17H,1-3H3,(H,26,28). The van der Waals surface area contributed by atoms with Crippen LogP contribution in [0.4, 0.5) is 11.4 Å². The molecule has 1 amide bonds. The Hall–Kier alpha value is -3.36. The highest BCUT2D eigenvalue weighted by atomic mass is 35.5. The van der Waals surface area contributed by atoms with Crippen LogP contribution < -0.4 is 9.62 Å². The van der Waals surface area contributed by atoms with Gasteiger partial charge in [-0.2, -0.15) is 0 Å². The van der Waals surface area contributed by atoms with Gasteiger partial charge < -0.3 is 10.1 Å². The molecule has 0 saturated carbocycles. The first-order valence-electron chi connectivity index (χ1n) is 10.0. The number of ether oxygens (including phenoxy) is 1. The molecule has 0 aromatic heterocycles. The first-order valence-corrected chi connectivity index (χ1v) is 11.8. The highest BCUT2D eigenvalue weighted by Gasteiger charge is 2.26. The number of para-hydroxylation sites is 1. The molecule has 0 spiro atoms. The van der Waals surface area contributed by atoms with Crippen LogP contribution in [-0.4, -0.2) is 33.4 Å². The zero-order valence-electron chi connectivity index (χ0n) is 18.3. The fourth-order valence-corrected chi connectivity index (χ4v) is 4.33. The number of nitrogens with zero attached hydrogens (tertiary/aromatic N) is 1. The van der Waals surface area contributed by atoms with Crippen molar-refractivity contribution in [2.24, 2.45) is 0 Å². The van der Waals surface area contributed by atoms with E-state index in [1.54, 1.807) is 42.5 Å². The largest absolute Gasteiger partial charge is 0.449 e. The van der Waals surface area contributed by atoms with Gasteiger partial charge in [-0.25, -0.2) is 13.2 Å². The lowest BCUT2D eigenvalue weighted by atomic mass is 10.2. The maximum Gasteiger partial charge on any atom is 0.340 e. The zero-order chi connectivity index (χ0) is 24.2. The number of hydrogen-bond acceptors (Lipinski definition) is 5. The van der Waals surface area contributed by atoms with Gasteiger partial charge in [0.05, 0.1) is 21.2 Å². The van der Waals surface area contributed by atoms with E-state index in [0.717, 1.165) is 15.9 Å². The Morgan fingerprint density at radius 2 is 1.64 bits per heavy atom. The average Bonchev–Trinajstić information content (AvgIpc) is 2.80. The molecule has 0 saturated heterocycles. The van der Waals surface area contributed by atoms with Gasteiger partial charge in [0, 0.05) is 12.7 Å². The third kappa shape index (κ3) is 5.71. The third-order valence-electron chi connectivity index (χ3n) is 4.91. The minimum Gasteiger partial charge on any atom is -0.449 e. The van der Waals surface area contributed by atoms with Crippen molar-refractivity contribution in [2.45, 2.75) is 24.8 Å². The van der Waals surface area contributed by atoms with E-state index >= 15 is 0 Å². The lowest BCUT2D eigenvalue weighted by Gasteiger charge is -2.20. The second-order valence-electron chi connectivity index (χ2n) is 7.35. The molecule has 1 atom stereocenters. The molecule has 0 aliphatic carbocycles. The first-order chi connectivity index (χ1) is 15.6. The van der Waals surface area contributed by atoms with Crippen molar-refractivity contribution in [1.82, 2.24) is 0 Å². The summed E-state index contributed by atoms with van der Waals surface area (Å²) in [6.07, 6.45) is -1.14. The van der Waals surface area contributed by atoms with E-state index in [-0.39, 0.29) is 15.5 Å². The van der Waals surface area contributed by atoms with Crippen LogP contribution in [0, 0.1) is 6.92 Å². The summed E-state index contributed by atoms with van der Waals surface area (Å²) in [5.74, 6) is -1.44. The molecule has 33 heavy (non-hydrogen) atoms. The minimum absolute atomic E-state index is 0.00690. The number of esters is 1. The normalized spacial score (nSPS) is 12.0. The number of benzene rings is 3. The van der Waals surface area contributed by atoms with Gasteiger partial charge >= 0.3 is 5.97 Å². The van der Waals surface area contributed by atoms with Gasteiger partial charge in [-0.15, -0.1) is 0 Å². The molecule has 0 fully saturated rings. The van der Waals surface area contributed by atoms with Crippen molar-refractivity contribution in [3.63, 3.8) is 0 Å². The van der Waals surface area contributed by atoms with Crippen LogP contribution in [0.3, 0.4) is 0 Å². The van der Waals surface area contributed by atoms with E-state index in [4.69, 9.17) is 16.3 Å². The number of amides is 1. The van der Waals surface area contributed by atoms with Crippen LogP contribution in [-0.2, 0) is 19.6 Å². The number of sulfonamides is 1. The Morgan fingerprint density at radius 3 is 2.27 bits per heavy atom. The van der Waals surface area contributed by atoms with E-state index in [1.807, 2.05) is 19.1 Å². The second-order valence-corrected chi connectivity index (χ2v) is 9.73. The van der Waals surface area contributed by atoms with Gasteiger partial charge in [-0.1, -0.05) is 47.5 Å². The number of anilines is 2. The molecule has 172 valence electrons. The van der Waals surface area contributed by atoms with Crippen molar-refractivity contribution >= 4 is 44.9 Å². The lowest BCUT2D eigenvalue weighted by molar-refractivity contribution is -0.123. The third-order valence-corrected chi connectivity index (χ3v) is 7.02. The highest BCUT2D eigenvalue weighted by molar-refractivity contribution is 7.92. The number of aryl methyl sites for hydroxylation is 1. The number of nitrogens with one attached hydrogen (secondary N) is 1. The van der Waals surface area contributed by atoms with Gasteiger partial charge in [0.1, 0.15) is 0 Å². The maximum absolute atomic E-state index is 13.0. The van der Waals surface area contributed by atoms with Crippen molar-refractivity contribution < 1.29 is 22.7 Å². The Bertz CT molecular complexity index is 1260. The Labute approximate surface area is 198 Å². The predicted octanol–water partition coefficient (Wildman–Crippen LogP) is 4.66. The monoisotopic (exact) mass is 486 g/mol. The van der Waals surface area contributed by atoms with Crippen LogP contribution in [0.5, 0.6) is 0 Å². The van der Waals surface area contributed by atoms with Crippen LogP contribution in [0.2, 0.25) is 5.02 Å². The predicted molar refractivity (Wildman–Crippen MR) is 128 cm³/mol. The molecule has 3 rings (SSSR count). The fourth-order valence-electron chi connectivity index (χ4n) is 2.91. The topological polar surface area (TPSA) is 92.8 Å².